The molecule has 1 rings (SSSR count). The van der Waals surface area contributed by atoms with Crippen LogP contribution in [0, 0.1) is 5.82 Å². The monoisotopic (exact) mass is 295 g/mol. The number of halogens is 1. The Labute approximate surface area is 129 Å². The van der Waals surface area contributed by atoms with Crippen molar-refractivity contribution < 1.29 is 9.13 Å². The van der Waals surface area contributed by atoms with Crippen molar-refractivity contribution in [2.24, 2.45) is 0 Å². The number of unbranched alkanes of at least 4 members (excludes halogenated alkanes) is 2. The predicted octanol–water partition coefficient (Wildman–Crippen LogP) is 4.85. The van der Waals surface area contributed by atoms with Crippen LogP contribution in [-0.4, -0.2) is 19.3 Å². The Morgan fingerprint density at radius 1 is 1.10 bits per heavy atom. The van der Waals surface area contributed by atoms with E-state index in [-0.39, 0.29) is 5.82 Å². The maximum atomic E-state index is 13.0. The molecule has 21 heavy (non-hydrogen) atoms. The fourth-order valence-corrected chi connectivity index (χ4v) is 2.31. The summed E-state index contributed by atoms with van der Waals surface area (Å²) < 4.78 is 18.6. The van der Waals surface area contributed by atoms with Gasteiger partial charge < -0.3 is 10.1 Å². The highest BCUT2D eigenvalue weighted by atomic mass is 19.1. The van der Waals surface area contributed by atoms with E-state index < -0.39 is 0 Å². The number of ether oxygens (including phenoxy) is 1. The molecule has 3 heteroatoms. The van der Waals surface area contributed by atoms with Crippen LogP contribution in [0.5, 0.6) is 0 Å². The van der Waals surface area contributed by atoms with Crippen molar-refractivity contribution in [3.8, 4) is 0 Å². The van der Waals surface area contributed by atoms with E-state index in [0.717, 1.165) is 32.4 Å². The molecule has 0 spiro atoms. The second-order valence-corrected chi connectivity index (χ2v) is 5.83. The standard InChI is InChI=1S/C18H30FNO/c1-4-5-8-18(16-9-11-17(19)12-10-16)20-13-6-7-14-21-15(2)3/h9-12,15,18,20H,4-8,13-14H2,1-3H3. The van der Waals surface area contributed by atoms with Gasteiger partial charge in [-0.25, -0.2) is 4.39 Å². The zero-order chi connectivity index (χ0) is 15.5. The van der Waals surface area contributed by atoms with E-state index in [4.69, 9.17) is 4.74 Å². The van der Waals surface area contributed by atoms with E-state index in [0.29, 0.717) is 12.1 Å². The number of nitrogens with one attached hydrogen (secondary N) is 1. The lowest BCUT2D eigenvalue weighted by atomic mass is 10.0. The van der Waals surface area contributed by atoms with Crippen LogP contribution in [0.2, 0.25) is 0 Å². The van der Waals surface area contributed by atoms with Gasteiger partial charge in [-0.15, -0.1) is 0 Å². The Morgan fingerprint density at radius 3 is 2.43 bits per heavy atom. The Hall–Kier alpha value is -0.930. The molecule has 0 amide bonds. The van der Waals surface area contributed by atoms with Crippen molar-refractivity contribution in [3.05, 3.63) is 35.6 Å². The van der Waals surface area contributed by atoms with E-state index in [1.165, 1.54) is 18.4 Å². The first-order valence-corrected chi connectivity index (χ1v) is 8.24. The van der Waals surface area contributed by atoms with Gasteiger partial charge in [-0.2, -0.15) is 0 Å². The molecule has 0 heterocycles. The normalized spacial score (nSPS) is 12.8. The van der Waals surface area contributed by atoms with Crippen molar-refractivity contribution in [3.63, 3.8) is 0 Å². The zero-order valence-electron chi connectivity index (χ0n) is 13.7. The average Bonchev–Trinajstić information content (AvgIpc) is 2.46. The van der Waals surface area contributed by atoms with Crippen LogP contribution in [0.15, 0.2) is 24.3 Å². The molecule has 0 aliphatic carbocycles. The SMILES string of the molecule is CCCCC(NCCCCOC(C)C)c1ccc(F)cc1. The van der Waals surface area contributed by atoms with Gasteiger partial charge in [0.25, 0.3) is 0 Å². The van der Waals surface area contributed by atoms with Crippen LogP contribution < -0.4 is 5.32 Å². The molecule has 0 fully saturated rings. The maximum absolute atomic E-state index is 13.0. The molecule has 1 atom stereocenters. The highest BCUT2D eigenvalue weighted by molar-refractivity contribution is 5.19. The molecule has 0 saturated heterocycles. The number of hydrogen-bond donors (Lipinski definition) is 1. The van der Waals surface area contributed by atoms with Crippen molar-refractivity contribution in [2.75, 3.05) is 13.2 Å². The van der Waals surface area contributed by atoms with Crippen LogP contribution in [0.3, 0.4) is 0 Å². The molecule has 0 radical (unpaired) electrons. The summed E-state index contributed by atoms with van der Waals surface area (Å²) in [6.07, 6.45) is 5.97. The molecule has 0 aliphatic rings. The second-order valence-electron chi connectivity index (χ2n) is 5.83. The summed E-state index contributed by atoms with van der Waals surface area (Å²) in [6.45, 7) is 8.13. The van der Waals surface area contributed by atoms with Gasteiger partial charge in [-0.3, -0.25) is 0 Å². The Bertz CT molecular complexity index is 364. The largest absolute Gasteiger partial charge is 0.379 e. The average molecular weight is 295 g/mol. The summed E-state index contributed by atoms with van der Waals surface area (Å²) >= 11 is 0. The van der Waals surface area contributed by atoms with E-state index in [2.05, 4.69) is 26.1 Å². The second kappa shape index (κ2) is 10.7. The van der Waals surface area contributed by atoms with Crippen molar-refractivity contribution >= 4 is 0 Å². The summed E-state index contributed by atoms with van der Waals surface area (Å²) in [5, 5.41) is 3.60. The van der Waals surface area contributed by atoms with Gasteiger partial charge in [0.1, 0.15) is 5.82 Å². The Kier molecular flexibility index (Phi) is 9.27. The molecule has 1 unspecified atom stereocenters. The summed E-state index contributed by atoms with van der Waals surface area (Å²) in [7, 11) is 0. The molecular weight excluding hydrogens is 265 g/mol. The number of hydrogen-bond acceptors (Lipinski definition) is 2. The molecule has 1 aromatic carbocycles. The topological polar surface area (TPSA) is 21.3 Å². The van der Waals surface area contributed by atoms with Crippen LogP contribution >= 0.6 is 0 Å². The molecular formula is C18H30FNO. The molecule has 120 valence electrons. The Morgan fingerprint density at radius 2 is 1.81 bits per heavy atom. The minimum absolute atomic E-state index is 0.168. The van der Waals surface area contributed by atoms with Crippen LogP contribution in [0.4, 0.5) is 4.39 Å². The Balaban J connectivity index is 2.34. The van der Waals surface area contributed by atoms with Gasteiger partial charge in [0.05, 0.1) is 6.10 Å². The highest BCUT2D eigenvalue weighted by Gasteiger charge is 2.10. The van der Waals surface area contributed by atoms with E-state index in [1.807, 2.05) is 12.1 Å². The van der Waals surface area contributed by atoms with Gasteiger partial charge in [0.15, 0.2) is 0 Å². The molecule has 0 aromatic heterocycles. The lowest BCUT2D eigenvalue weighted by molar-refractivity contribution is 0.0759. The molecule has 0 aliphatic heterocycles. The lowest BCUT2D eigenvalue weighted by Crippen LogP contribution is -2.23. The molecule has 1 N–H and O–H groups in total. The lowest BCUT2D eigenvalue weighted by Gasteiger charge is -2.19. The van der Waals surface area contributed by atoms with E-state index in [9.17, 15) is 4.39 Å². The minimum atomic E-state index is -0.168. The quantitative estimate of drug-likeness (QED) is 0.589. The van der Waals surface area contributed by atoms with Crippen LogP contribution in [0.1, 0.15) is 64.5 Å². The first-order chi connectivity index (χ1) is 10.1. The number of rotatable bonds is 11. The molecule has 0 saturated carbocycles. The smallest absolute Gasteiger partial charge is 0.123 e. The third kappa shape index (κ3) is 8.18. The highest BCUT2D eigenvalue weighted by Crippen LogP contribution is 2.19. The van der Waals surface area contributed by atoms with E-state index in [1.54, 1.807) is 12.1 Å². The summed E-state index contributed by atoms with van der Waals surface area (Å²) in [5.74, 6) is -0.168. The summed E-state index contributed by atoms with van der Waals surface area (Å²) in [4.78, 5) is 0. The molecule has 0 bridgehead atoms. The summed E-state index contributed by atoms with van der Waals surface area (Å²) in [6, 6.07) is 7.21. The molecule has 2 nitrogen and oxygen atoms in total. The van der Waals surface area contributed by atoms with Crippen molar-refractivity contribution in [2.45, 2.75) is 65.0 Å². The van der Waals surface area contributed by atoms with Crippen LogP contribution in [0.25, 0.3) is 0 Å². The third-order valence-corrected chi connectivity index (χ3v) is 3.53. The van der Waals surface area contributed by atoms with Crippen molar-refractivity contribution in [1.82, 2.24) is 5.32 Å². The minimum Gasteiger partial charge on any atom is -0.379 e. The van der Waals surface area contributed by atoms with Gasteiger partial charge >= 0.3 is 0 Å². The summed E-state index contributed by atoms with van der Waals surface area (Å²) in [5.41, 5.74) is 1.18. The zero-order valence-corrected chi connectivity index (χ0v) is 13.7. The molecule has 1 aromatic rings. The fourth-order valence-electron chi connectivity index (χ4n) is 2.31. The van der Waals surface area contributed by atoms with Gasteiger partial charge in [0.2, 0.25) is 0 Å². The van der Waals surface area contributed by atoms with Crippen LogP contribution in [-0.2, 0) is 4.74 Å². The van der Waals surface area contributed by atoms with E-state index >= 15 is 0 Å². The first-order valence-electron chi connectivity index (χ1n) is 8.24. The van der Waals surface area contributed by atoms with Gasteiger partial charge in [0, 0.05) is 12.6 Å². The maximum Gasteiger partial charge on any atom is 0.123 e. The fraction of sp³-hybridized carbons (Fsp3) is 0.667. The first kappa shape index (κ1) is 18.1. The van der Waals surface area contributed by atoms with Gasteiger partial charge in [-0.1, -0.05) is 31.9 Å². The number of benzene rings is 1. The third-order valence-electron chi connectivity index (χ3n) is 3.53. The predicted molar refractivity (Wildman–Crippen MR) is 87.0 cm³/mol. The van der Waals surface area contributed by atoms with Gasteiger partial charge in [-0.05, 0) is 57.4 Å². The van der Waals surface area contributed by atoms with Crippen molar-refractivity contribution in [1.29, 1.82) is 0 Å².